The largest absolute Gasteiger partial charge is 0.393 e. The van der Waals surface area contributed by atoms with Gasteiger partial charge >= 0.3 is 0 Å². The zero-order valence-corrected chi connectivity index (χ0v) is 11.3. The average Bonchev–Trinajstić information content (AvgIpc) is 2.72. The van der Waals surface area contributed by atoms with Gasteiger partial charge in [-0.15, -0.1) is 11.3 Å². The van der Waals surface area contributed by atoms with Crippen molar-refractivity contribution in [3.05, 3.63) is 16.7 Å². The van der Waals surface area contributed by atoms with Gasteiger partial charge < -0.3 is 10.0 Å². The molecule has 1 unspecified atom stereocenters. The van der Waals surface area contributed by atoms with Crippen molar-refractivity contribution in [2.24, 2.45) is 0 Å². The predicted molar refractivity (Wildman–Crippen MR) is 72.0 cm³/mol. The lowest BCUT2D eigenvalue weighted by atomic mass is 10.2. The van der Waals surface area contributed by atoms with Crippen LogP contribution in [0, 0.1) is 0 Å². The van der Waals surface area contributed by atoms with Crippen molar-refractivity contribution < 1.29 is 5.11 Å². The quantitative estimate of drug-likeness (QED) is 0.869. The first-order valence-corrected chi connectivity index (χ1v) is 6.63. The zero-order valence-electron chi connectivity index (χ0n) is 9.72. The Hall–Kier alpha value is -0.910. The van der Waals surface area contributed by atoms with Crippen LogP contribution in [0.15, 0.2) is 11.4 Å². The number of hydrogen-bond donors (Lipinski definition) is 1. The molecular weight excluding hydrogens is 258 g/mol. The lowest BCUT2D eigenvalue weighted by Crippen LogP contribution is -2.23. The van der Waals surface area contributed by atoms with E-state index >= 15 is 0 Å². The SMILES string of the molecule is CC(O)CCN(C)c1nc(Cl)nc2sccc12. The molecule has 2 aromatic rings. The predicted octanol–water partition coefficient (Wildman–Crippen LogP) is 2.55. The van der Waals surface area contributed by atoms with Crippen LogP contribution in [-0.2, 0) is 0 Å². The summed E-state index contributed by atoms with van der Waals surface area (Å²) < 4.78 is 0. The first-order chi connectivity index (χ1) is 8.08. The average molecular weight is 272 g/mol. The molecule has 0 fully saturated rings. The molecule has 0 aliphatic carbocycles. The molecule has 0 spiro atoms. The van der Waals surface area contributed by atoms with E-state index < -0.39 is 0 Å². The molecule has 0 saturated carbocycles. The number of halogens is 1. The van der Waals surface area contributed by atoms with E-state index in [-0.39, 0.29) is 11.4 Å². The summed E-state index contributed by atoms with van der Waals surface area (Å²) >= 11 is 7.44. The second-order valence-corrected chi connectivity index (χ2v) is 5.25. The Morgan fingerprint density at radius 1 is 1.53 bits per heavy atom. The molecule has 0 aromatic carbocycles. The fourth-order valence-corrected chi connectivity index (χ4v) is 2.56. The molecule has 1 N–H and O–H groups in total. The van der Waals surface area contributed by atoms with Crippen molar-refractivity contribution in [1.82, 2.24) is 9.97 Å². The maximum Gasteiger partial charge on any atom is 0.225 e. The molecule has 1 atom stereocenters. The van der Waals surface area contributed by atoms with E-state index in [1.807, 2.05) is 23.4 Å². The van der Waals surface area contributed by atoms with Crippen molar-refractivity contribution in [3.63, 3.8) is 0 Å². The van der Waals surface area contributed by atoms with Gasteiger partial charge in [0.2, 0.25) is 5.28 Å². The molecule has 0 bridgehead atoms. The smallest absolute Gasteiger partial charge is 0.225 e. The third kappa shape index (κ3) is 2.86. The second-order valence-electron chi connectivity index (χ2n) is 4.01. The van der Waals surface area contributed by atoms with Crippen LogP contribution in [0.5, 0.6) is 0 Å². The minimum absolute atomic E-state index is 0.263. The number of fused-ring (bicyclic) bond motifs is 1. The summed E-state index contributed by atoms with van der Waals surface area (Å²) in [5.74, 6) is 0.821. The van der Waals surface area contributed by atoms with E-state index in [1.54, 1.807) is 18.3 Å². The number of aromatic nitrogens is 2. The van der Waals surface area contributed by atoms with Crippen molar-refractivity contribution in [3.8, 4) is 0 Å². The Morgan fingerprint density at radius 2 is 2.29 bits per heavy atom. The van der Waals surface area contributed by atoms with E-state index in [2.05, 4.69) is 9.97 Å². The van der Waals surface area contributed by atoms with Crippen LogP contribution in [0.25, 0.3) is 10.2 Å². The molecular formula is C11H14ClN3OS. The van der Waals surface area contributed by atoms with Gasteiger partial charge in [-0.1, -0.05) is 0 Å². The van der Waals surface area contributed by atoms with Gasteiger partial charge in [0.25, 0.3) is 0 Å². The summed E-state index contributed by atoms with van der Waals surface area (Å²) in [5.41, 5.74) is 0. The van der Waals surface area contributed by atoms with Crippen LogP contribution < -0.4 is 4.90 Å². The van der Waals surface area contributed by atoms with Gasteiger partial charge in [0.15, 0.2) is 0 Å². The molecule has 17 heavy (non-hydrogen) atoms. The third-order valence-electron chi connectivity index (χ3n) is 2.52. The Kier molecular flexibility index (Phi) is 3.81. The number of aliphatic hydroxyl groups excluding tert-OH is 1. The summed E-state index contributed by atoms with van der Waals surface area (Å²) in [6.45, 7) is 2.51. The van der Waals surface area contributed by atoms with E-state index in [4.69, 9.17) is 11.6 Å². The topological polar surface area (TPSA) is 49.2 Å². The van der Waals surface area contributed by atoms with Crippen molar-refractivity contribution in [2.75, 3.05) is 18.5 Å². The van der Waals surface area contributed by atoms with Crippen LogP contribution in [0.3, 0.4) is 0 Å². The van der Waals surface area contributed by atoms with E-state index in [0.29, 0.717) is 6.42 Å². The van der Waals surface area contributed by atoms with Crippen molar-refractivity contribution in [2.45, 2.75) is 19.4 Å². The van der Waals surface area contributed by atoms with Crippen LogP contribution in [0.1, 0.15) is 13.3 Å². The van der Waals surface area contributed by atoms with Gasteiger partial charge in [-0.05, 0) is 36.4 Å². The Bertz CT molecular complexity index is 514. The van der Waals surface area contributed by atoms with Crippen LogP contribution in [0.4, 0.5) is 5.82 Å². The van der Waals surface area contributed by atoms with Gasteiger partial charge in [0.05, 0.1) is 11.5 Å². The molecule has 2 aromatic heterocycles. The zero-order chi connectivity index (χ0) is 12.4. The van der Waals surface area contributed by atoms with Gasteiger partial charge in [-0.25, -0.2) is 4.98 Å². The molecule has 0 aliphatic heterocycles. The standard InChI is InChI=1S/C11H14ClN3OS/c1-7(16)3-5-15(2)9-8-4-6-17-10(8)14-11(12)13-9/h4,6-7,16H,3,5H2,1-2H3. The third-order valence-corrected chi connectivity index (χ3v) is 3.50. The maximum atomic E-state index is 9.29. The molecule has 2 rings (SSSR count). The Balaban J connectivity index is 2.30. The number of nitrogens with zero attached hydrogens (tertiary/aromatic N) is 3. The summed E-state index contributed by atoms with van der Waals surface area (Å²) in [6.07, 6.45) is 0.386. The molecule has 2 heterocycles. The van der Waals surface area contributed by atoms with Crippen molar-refractivity contribution in [1.29, 1.82) is 0 Å². The Labute approximate surface area is 109 Å². The molecule has 0 saturated heterocycles. The maximum absolute atomic E-state index is 9.29. The highest BCUT2D eigenvalue weighted by molar-refractivity contribution is 7.16. The fourth-order valence-electron chi connectivity index (χ4n) is 1.59. The molecule has 0 radical (unpaired) electrons. The van der Waals surface area contributed by atoms with Crippen LogP contribution >= 0.6 is 22.9 Å². The highest BCUT2D eigenvalue weighted by atomic mass is 35.5. The van der Waals surface area contributed by atoms with E-state index in [0.717, 1.165) is 22.6 Å². The van der Waals surface area contributed by atoms with Gasteiger partial charge in [-0.2, -0.15) is 4.98 Å². The number of rotatable bonds is 4. The molecule has 6 heteroatoms. The summed E-state index contributed by atoms with van der Waals surface area (Å²) in [5, 5.41) is 12.5. The minimum atomic E-state index is -0.312. The normalized spacial score (nSPS) is 12.9. The number of aliphatic hydroxyl groups is 1. The van der Waals surface area contributed by atoms with Crippen molar-refractivity contribution >= 4 is 39.0 Å². The number of thiophene rings is 1. The highest BCUT2D eigenvalue weighted by Gasteiger charge is 2.12. The van der Waals surface area contributed by atoms with Crippen LogP contribution in [0.2, 0.25) is 5.28 Å². The molecule has 4 nitrogen and oxygen atoms in total. The number of hydrogen-bond acceptors (Lipinski definition) is 5. The molecule has 0 amide bonds. The molecule has 0 aliphatic rings. The van der Waals surface area contributed by atoms with E-state index in [9.17, 15) is 5.11 Å². The summed E-state index contributed by atoms with van der Waals surface area (Å²) in [7, 11) is 1.94. The first kappa shape index (κ1) is 12.5. The minimum Gasteiger partial charge on any atom is -0.393 e. The summed E-state index contributed by atoms with van der Waals surface area (Å²) in [4.78, 5) is 11.3. The lowest BCUT2D eigenvalue weighted by Gasteiger charge is -2.19. The summed E-state index contributed by atoms with van der Waals surface area (Å²) in [6, 6.07) is 1.99. The monoisotopic (exact) mass is 271 g/mol. The first-order valence-electron chi connectivity index (χ1n) is 5.38. The van der Waals surface area contributed by atoms with Gasteiger partial charge in [0, 0.05) is 13.6 Å². The van der Waals surface area contributed by atoms with Gasteiger partial charge in [-0.3, -0.25) is 0 Å². The Morgan fingerprint density at radius 3 is 3.00 bits per heavy atom. The van der Waals surface area contributed by atoms with Gasteiger partial charge in [0.1, 0.15) is 10.6 Å². The molecule has 92 valence electrons. The number of anilines is 1. The highest BCUT2D eigenvalue weighted by Crippen LogP contribution is 2.28. The fraction of sp³-hybridized carbons (Fsp3) is 0.455. The lowest BCUT2D eigenvalue weighted by molar-refractivity contribution is 0.187. The van der Waals surface area contributed by atoms with Crippen LogP contribution in [-0.4, -0.2) is 34.8 Å². The van der Waals surface area contributed by atoms with E-state index in [1.165, 1.54) is 0 Å². The second kappa shape index (κ2) is 5.16.